The Morgan fingerprint density at radius 3 is 2.33 bits per heavy atom. The van der Waals surface area contributed by atoms with Crippen molar-refractivity contribution in [1.82, 2.24) is 5.32 Å². The zero-order valence-corrected chi connectivity index (χ0v) is 11.7. The molecular formula is C16H17NO4. The Labute approximate surface area is 122 Å². The minimum Gasteiger partial charge on any atom is -0.478 e. The molecule has 5 nitrogen and oxygen atoms in total. The molecule has 1 amide bonds. The molecule has 110 valence electrons. The van der Waals surface area contributed by atoms with Crippen LogP contribution in [0.15, 0.2) is 36.4 Å². The van der Waals surface area contributed by atoms with Crippen molar-refractivity contribution in [2.45, 2.75) is 19.4 Å². The van der Waals surface area contributed by atoms with Gasteiger partial charge in [0, 0.05) is 23.6 Å². The third kappa shape index (κ3) is 3.20. The van der Waals surface area contributed by atoms with Crippen LogP contribution in [0.2, 0.25) is 0 Å². The largest absolute Gasteiger partial charge is 0.478 e. The summed E-state index contributed by atoms with van der Waals surface area (Å²) in [6.07, 6.45) is 0.447. The van der Waals surface area contributed by atoms with E-state index >= 15 is 0 Å². The predicted octanol–water partition coefficient (Wildman–Crippen LogP) is 2.04. The normalized spacial score (nSPS) is 12.1. The summed E-state index contributed by atoms with van der Waals surface area (Å²) < 4.78 is 0. The summed E-state index contributed by atoms with van der Waals surface area (Å²) in [7, 11) is 0. The molecular weight excluding hydrogens is 270 g/mol. The zero-order chi connectivity index (χ0) is 15.4. The Hall–Kier alpha value is -2.40. The van der Waals surface area contributed by atoms with Crippen LogP contribution in [0.5, 0.6) is 0 Å². The van der Waals surface area contributed by atoms with Crippen molar-refractivity contribution in [2.24, 2.45) is 0 Å². The SMILES string of the molecule is CC(CCO)NC(=O)c1cccc2cccc(C(=O)O)c12. The van der Waals surface area contributed by atoms with Gasteiger partial charge in [-0.15, -0.1) is 0 Å². The zero-order valence-electron chi connectivity index (χ0n) is 11.7. The lowest BCUT2D eigenvalue weighted by Crippen LogP contribution is -2.33. The number of carbonyl (C=O) groups is 2. The van der Waals surface area contributed by atoms with Crippen LogP contribution in [0.1, 0.15) is 34.1 Å². The van der Waals surface area contributed by atoms with Gasteiger partial charge in [-0.25, -0.2) is 4.79 Å². The molecule has 1 atom stereocenters. The summed E-state index contributed by atoms with van der Waals surface area (Å²) in [5, 5.41) is 22.1. The number of carboxylic acids is 1. The molecule has 0 saturated heterocycles. The lowest BCUT2D eigenvalue weighted by atomic mass is 9.98. The van der Waals surface area contributed by atoms with Crippen molar-refractivity contribution < 1.29 is 19.8 Å². The summed E-state index contributed by atoms with van der Waals surface area (Å²) in [4.78, 5) is 23.7. The standard InChI is InChI=1S/C16H17NO4/c1-10(8-9-18)17-15(19)12-6-2-4-11-5-3-7-13(14(11)12)16(20)21/h2-7,10,18H,8-9H2,1H3,(H,17,19)(H,20,21). The number of aromatic carboxylic acids is 1. The third-order valence-corrected chi connectivity index (χ3v) is 3.32. The van der Waals surface area contributed by atoms with Crippen molar-refractivity contribution in [1.29, 1.82) is 0 Å². The Morgan fingerprint density at radius 2 is 1.76 bits per heavy atom. The van der Waals surface area contributed by atoms with E-state index in [1.165, 1.54) is 6.07 Å². The summed E-state index contributed by atoms with van der Waals surface area (Å²) in [6.45, 7) is 1.77. The van der Waals surface area contributed by atoms with E-state index in [9.17, 15) is 14.7 Å². The van der Waals surface area contributed by atoms with Gasteiger partial charge in [-0.2, -0.15) is 0 Å². The number of rotatable bonds is 5. The molecule has 0 heterocycles. The molecule has 0 radical (unpaired) electrons. The first-order valence-electron chi connectivity index (χ1n) is 6.71. The number of hydrogen-bond donors (Lipinski definition) is 3. The first-order chi connectivity index (χ1) is 10.0. The lowest BCUT2D eigenvalue weighted by Gasteiger charge is -2.14. The maximum Gasteiger partial charge on any atom is 0.336 e. The smallest absolute Gasteiger partial charge is 0.336 e. The number of amides is 1. The average Bonchev–Trinajstić information content (AvgIpc) is 2.45. The van der Waals surface area contributed by atoms with Crippen molar-refractivity contribution in [3.05, 3.63) is 47.5 Å². The number of fused-ring (bicyclic) bond motifs is 1. The van der Waals surface area contributed by atoms with Crippen LogP contribution in [0, 0.1) is 0 Å². The second kappa shape index (κ2) is 6.37. The van der Waals surface area contributed by atoms with E-state index < -0.39 is 5.97 Å². The number of carboxylic acid groups (broad SMARTS) is 1. The van der Waals surface area contributed by atoms with Gasteiger partial charge in [0.2, 0.25) is 0 Å². The number of carbonyl (C=O) groups excluding carboxylic acids is 1. The second-order valence-electron chi connectivity index (χ2n) is 4.90. The predicted molar refractivity (Wildman–Crippen MR) is 79.5 cm³/mol. The fraction of sp³-hybridized carbons (Fsp3) is 0.250. The maximum absolute atomic E-state index is 12.3. The first kappa shape index (κ1) is 15.0. The van der Waals surface area contributed by atoms with Gasteiger partial charge in [-0.3, -0.25) is 4.79 Å². The highest BCUT2D eigenvalue weighted by Crippen LogP contribution is 2.23. The summed E-state index contributed by atoms with van der Waals surface area (Å²) in [5.41, 5.74) is 0.434. The molecule has 21 heavy (non-hydrogen) atoms. The molecule has 2 aromatic rings. The van der Waals surface area contributed by atoms with Gasteiger partial charge in [-0.05, 0) is 30.9 Å². The van der Waals surface area contributed by atoms with Gasteiger partial charge >= 0.3 is 5.97 Å². The molecule has 0 aliphatic heterocycles. The highest BCUT2D eigenvalue weighted by Gasteiger charge is 2.17. The van der Waals surface area contributed by atoms with Crippen LogP contribution in [-0.2, 0) is 0 Å². The van der Waals surface area contributed by atoms with E-state index in [1.807, 2.05) is 0 Å². The Kier molecular flexibility index (Phi) is 4.55. The summed E-state index contributed by atoms with van der Waals surface area (Å²) in [5.74, 6) is -1.40. The summed E-state index contributed by atoms with van der Waals surface area (Å²) in [6, 6.07) is 9.83. The molecule has 0 bridgehead atoms. The maximum atomic E-state index is 12.3. The van der Waals surface area contributed by atoms with Gasteiger partial charge in [0.05, 0.1) is 5.56 Å². The van der Waals surface area contributed by atoms with E-state index in [1.54, 1.807) is 37.3 Å². The molecule has 0 fully saturated rings. The van der Waals surface area contributed by atoms with Gasteiger partial charge < -0.3 is 15.5 Å². The lowest BCUT2D eigenvalue weighted by molar-refractivity contribution is 0.0699. The van der Waals surface area contributed by atoms with E-state index in [4.69, 9.17) is 5.11 Å². The van der Waals surface area contributed by atoms with Gasteiger partial charge in [0.15, 0.2) is 0 Å². The van der Waals surface area contributed by atoms with Crippen molar-refractivity contribution in [3.8, 4) is 0 Å². The van der Waals surface area contributed by atoms with Crippen molar-refractivity contribution in [3.63, 3.8) is 0 Å². The van der Waals surface area contributed by atoms with Crippen molar-refractivity contribution in [2.75, 3.05) is 6.61 Å². The van der Waals surface area contributed by atoms with E-state index in [-0.39, 0.29) is 24.1 Å². The van der Waals surface area contributed by atoms with Crippen molar-refractivity contribution >= 4 is 22.6 Å². The minimum atomic E-state index is -1.07. The van der Waals surface area contributed by atoms with Gasteiger partial charge in [0.1, 0.15) is 0 Å². The molecule has 5 heteroatoms. The minimum absolute atomic E-state index is 0.0165. The summed E-state index contributed by atoms with van der Waals surface area (Å²) >= 11 is 0. The molecule has 3 N–H and O–H groups in total. The van der Waals surface area contributed by atoms with Crippen LogP contribution in [0.4, 0.5) is 0 Å². The Morgan fingerprint density at radius 1 is 1.14 bits per heavy atom. The van der Waals surface area contributed by atoms with Gasteiger partial charge in [0.25, 0.3) is 5.91 Å². The van der Waals surface area contributed by atoms with E-state index in [0.717, 1.165) is 0 Å². The Bertz CT molecular complexity index is 676. The molecule has 0 aliphatic rings. The molecule has 0 spiro atoms. The monoisotopic (exact) mass is 287 g/mol. The number of nitrogens with one attached hydrogen (secondary N) is 1. The highest BCUT2D eigenvalue weighted by atomic mass is 16.4. The van der Waals surface area contributed by atoms with Crippen LogP contribution >= 0.6 is 0 Å². The van der Waals surface area contributed by atoms with E-state index in [0.29, 0.717) is 22.8 Å². The molecule has 0 saturated carbocycles. The van der Waals surface area contributed by atoms with Gasteiger partial charge in [-0.1, -0.05) is 24.3 Å². The third-order valence-electron chi connectivity index (χ3n) is 3.32. The van der Waals surface area contributed by atoms with E-state index in [2.05, 4.69) is 5.32 Å². The molecule has 1 unspecified atom stereocenters. The van der Waals surface area contributed by atoms with Crippen LogP contribution in [-0.4, -0.2) is 34.7 Å². The number of hydrogen-bond acceptors (Lipinski definition) is 3. The van der Waals surface area contributed by atoms with Crippen LogP contribution in [0.3, 0.4) is 0 Å². The average molecular weight is 287 g/mol. The first-order valence-corrected chi connectivity index (χ1v) is 6.71. The molecule has 2 rings (SSSR count). The van der Waals surface area contributed by atoms with Crippen LogP contribution in [0.25, 0.3) is 10.8 Å². The Balaban J connectivity index is 2.48. The molecule has 2 aromatic carbocycles. The molecule has 0 aliphatic carbocycles. The van der Waals surface area contributed by atoms with Crippen LogP contribution < -0.4 is 5.32 Å². The molecule has 0 aromatic heterocycles. The number of benzene rings is 2. The fourth-order valence-electron chi connectivity index (χ4n) is 2.28. The fourth-order valence-corrected chi connectivity index (χ4v) is 2.28. The second-order valence-corrected chi connectivity index (χ2v) is 4.90. The quantitative estimate of drug-likeness (QED) is 0.785. The number of aliphatic hydroxyl groups is 1. The number of aliphatic hydroxyl groups excluding tert-OH is 1. The highest BCUT2D eigenvalue weighted by molar-refractivity contribution is 6.14. The topological polar surface area (TPSA) is 86.6 Å².